The second-order valence-corrected chi connectivity index (χ2v) is 6.57. The normalized spacial score (nSPS) is 11.1. The molecular weight excluding hydrogens is 295 g/mol. The van der Waals surface area contributed by atoms with Crippen molar-refractivity contribution in [3.63, 3.8) is 0 Å². The second kappa shape index (κ2) is 12.9. The summed E-state index contributed by atoms with van der Waals surface area (Å²) < 4.78 is 5.06. The predicted octanol–water partition coefficient (Wildman–Crippen LogP) is 5.74. The monoisotopic (exact) mass is 326 g/mol. The lowest BCUT2D eigenvalue weighted by Gasteiger charge is -2.10. The van der Waals surface area contributed by atoms with Crippen LogP contribution in [-0.4, -0.2) is 9.79 Å². The SMILES string of the molecule is CCCCCCCCCCCCc1ccccc1OP(O)O. The molecule has 22 heavy (non-hydrogen) atoms. The molecule has 126 valence electrons. The van der Waals surface area contributed by atoms with Crippen LogP contribution in [0.3, 0.4) is 0 Å². The Morgan fingerprint density at radius 3 is 1.95 bits per heavy atom. The summed E-state index contributed by atoms with van der Waals surface area (Å²) in [6, 6.07) is 7.63. The third-order valence-corrected chi connectivity index (χ3v) is 4.31. The minimum absolute atomic E-state index is 0.606. The van der Waals surface area contributed by atoms with Crippen LogP contribution in [0, 0.1) is 0 Å². The highest BCUT2D eigenvalue weighted by Crippen LogP contribution is 2.32. The van der Waals surface area contributed by atoms with E-state index in [0.29, 0.717) is 5.75 Å². The van der Waals surface area contributed by atoms with E-state index in [1.165, 1.54) is 57.8 Å². The molecule has 0 saturated carbocycles. The molecule has 3 nitrogen and oxygen atoms in total. The van der Waals surface area contributed by atoms with Crippen molar-refractivity contribution in [2.45, 2.75) is 77.6 Å². The maximum atomic E-state index is 8.97. The lowest BCUT2D eigenvalue weighted by atomic mass is 10.0. The number of rotatable bonds is 13. The molecule has 0 spiro atoms. The molecule has 0 aliphatic rings. The first kappa shape index (κ1) is 19.4. The van der Waals surface area contributed by atoms with Gasteiger partial charge >= 0.3 is 8.60 Å². The second-order valence-electron chi connectivity index (χ2n) is 5.88. The Hall–Kier alpha value is -0.630. The first-order valence-electron chi connectivity index (χ1n) is 8.67. The van der Waals surface area contributed by atoms with E-state index in [4.69, 9.17) is 14.3 Å². The third kappa shape index (κ3) is 9.40. The van der Waals surface area contributed by atoms with Gasteiger partial charge in [0.05, 0.1) is 0 Å². The molecule has 0 aliphatic heterocycles. The van der Waals surface area contributed by atoms with Crippen molar-refractivity contribution in [3.05, 3.63) is 29.8 Å². The Kier molecular flexibility index (Phi) is 11.4. The molecule has 0 heterocycles. The Morgan fingerprint density at radius 2 is 1.36 bits per heavy atom. The maximum absolute atomic E-state index is 8.97. The first-order valence-corrected chi connectivity index (χ1v) is 9.84. The first-order chi connectivity index (χ1) is 10.7. The van der Waals surface area contributed by atoms with Crippen LogP contribution in [0.15, 0.2) is 24.3 Å². The third-order valence-electron chi connectivity index (χ3n) is 3.95. The average molecular weight is 326 g/mol. The minimum atomic E-state index is -2.33. The molecule has 1 aromatic rings. The van der Waals surface area contributed by atoms with Gasteiger partial charge in [-0.15, -0.1) is 0 Å². The standard InChI is InChI=1S/C18H31O3P/c1-2-3-4-5-6-7-8-9-10-11-14-17-15-12-13-16-18(17)21-22(19)20/h12-13,15-16,19-20H,2-11,14H2,1H3. The summed E-state index contributed by atoms with van der Waals surface area (Å²) in [6.07, 6.45) is 14.2. The molecule has 1 aromatic carbocycles. The fourth-order valence-electron chi connectivity index (χ4n) is 2.69. The van der Waals surface area contributed by atoms with Gasteiger partial charge in [-0.25, -0.2) is 0 Å². The van der Waals surface area contributed by atoms with E-state index >= 15 is 0 Å². The van der Waals surface area contributed by atoms with Crippen LogP contribution in [0.5, 0.6) is 5.75 Å². The largest absolute Gasteiger partial charge is 0.427 e. The molecule has 4 heteroatoms. The number of aryl methyl sites for hydroxylation is 1. The van der Waals surface area contributed by atoms with Gasteiger partial charge in [-0.1, -0.05) is 82.9 Å². The van der Waals surface area contributed by atoms with Gasteiger partial charge in [-0.3, -0.25) is 0 Å². The molecule has 1 rings (SSSR count). The maximum Gasteiger partial charge on any atom is 0.391 e. The molecule has 0 aliphatic carbocycles. The van der Waals surface area contributed by atoms with E-state index in [9.17, 15) is 0 Å². The molecule has 0 fully saturated rings. The van der Waals surface area contributed by atoms with Crippen molar-refractivity contribution in [1.82, 2.24) is 0 Å². The van der Waals surface area contributed by atoms with Crippen LogP contribution < -0.4 is 4.52 Å². The van der Waals surface area contributed by atoms with Crippen LogP contribution in [0.1, 0.15) is 76.7 Å². The quantitative estimate of drug-likeness (QED) is 0.359. The van der Waals surface area contributed by atoms with Crippen LogP contribution >= 0.6 is 8.60 Å². The molecule has 0 bridgehead atoms. The van der Waals surface area contributed by atoms with E-state index in [2.05, 4.69) is 6.92 Å². The molecule has 0 unspecified atom stereocenters. The van der Waals surface area contributed by atoms with Crippen molar-refractivity contribution < 1.29 is 14.3 Å². The fraction of sp³-hybridized carbons (Fsp3) is 0.667. The summed E-state index contributed by atoms with van der Waals surface area (Å²) in [4.78, 5) is 17.9. The molecular formula is C18H31O3P. The lowest BCUT2D eigenvalue weighted by molar-refractivity contribution is 0.373. The summed E-state index contributed by atoms with van der Waals surface area (Å²) in [7, 11) is -2.33. The van der Waals surface area contributed by atoms with Crippen molar-refractivity contribution >= 4 is 8.60 Å². The summed E-state index contributed by atoms with van der Waals surface area (Å²) in [6.45, 7) is 2.26. The smallest absolute Gasteiger partial charge is 0.391 e. The average Bonchev–Trinajstić information content (AvgIpc) is 2.50. The molecule has 0 aromatic heterocycles. The zero-order valence-corrected chi connectivity index (χ0v) is 14.7. The van der Waals surface area contributed by atoms with Crippen molar-refractivity contribution in [1.29, 1.82) is 0 Å². The Balaban J connectivity index is 2.07. The molecule has 2 N–H and O–H groups in total. The number of unbranched alkanes of at least 4 members (excludes halogenated alkanes) is 9. The minimum Gasteiger partial charge on any atom is -0.427 e. The van der Waals surface area contributed by atoms with Gasteiger partial charge < -0.3 is 14.3 Å². The van der Waals surface area contributed by atoms with Gasteiger partial charge in [0.15, 0.2) is 0 Å². The van der Waals surface area contributed by atoms with E-state index in [1.54, 1.807) is 6.07 Å². The van der Waals surface area contributed by atoms with Gasteiger partial charge in [0.1, 0.15) is 5.75 Å². The molecule has 0 amide bonds. The van der Waals surface area contributed by atoms with Gasteiger partial charge in [-0.2, -0.15) is 0 Å². The van der Waals surface area contributed by atoms with E-state index in [1.807, 2.05) is 18.2 Å². The van der Waals surface area contributed by atoms with Crippen LogP contribution in [0.4, 0.5) is 0 Å². The van der Waals surface area contributed by atoms with Gasteiger partial charge in [0.25, 0.3) is 0 Å². The number of benzene rings is 1. The van der Waals surface area contributed by atoms with Crippen LogP contribution in [0.2, 0.25) is 0 Å². The van der Waals surface area contributed by atoms with Crippen molar-refractivity contribution in [2.75, 3.05) is 0 Å². The van der Waals surface area contributed by atoms with E-state index in [-0.39, 0.29) is 0 Å². The van der Waals surface area contributed by atoms with Crippen LogP contribution in [-0.2, 0) is 6.42 Å². The summed E-state index contributed by atoms with van der Waals surface area (Å²) in [5.41, 5.74) is 1.07. The van der Waals surface area contributed by atoms with Crippen molar-refractivity contribution in [3.8, 4) is 5.75 Å². The summed E-state index contributed by atoms with van der Waals surface area (Å²) in [5, 5.41) is 0. The van der Waals surface area contributed by atoms with E-state index in [0.717, 1.165) is 18.4 Å². The zero-order valence-electron chi connectivity index (χ0n) is 13.8. The topological polar surface area (TPSA) is 49.7 Å². The molecule has 0 atom stereocenters. The number of para-hydroxylation sites is 1. The van der Waals surface area contributed by atoms with E-state index < -0.39 is 8.60 Å². The lowest BCUT2D eigenvalue weighted by Crippen LogP contribution is -1.93. The van der Waals surface area contributed by atoms with Gasteiger partial charge in [0, 0.05) is 0 Å². The Morgan fingerprint density at radius 1 is 0.818 bits per heavy atom. The highest BCUT2D eigenvalue weighted by Gasteiger charge is 2.07. The summed E-state index contributed by atoms with van der Waals surface area (Å²) >= 11 is 0. The predicted molar refractivity (Wildman–Crippen MR) is 94.0 cm³/mol. The highest BCUT2D eigenvalue weighted by molar-refractivity contribution is 7.39. The van der Waals surface area contributed by atoms with Gasteiger partial charge in [0.2, 0.25) is 0 Å². The Bertz CT molecular complexity index is 382. The van der Waals surface area contributed by atoms with Crippen LogP contribution in [0.25, 0.3) is 0 Å². The number of hydrogen-bond donors (Lipinski definition) is 2. The number of hydrogen-bond acceptors (Lipinski definition) is 3. The van der Waals surface area contributed by atoms with Gasteiger partial charge in [-0.05, 0) is 24.5 Å². The zero-order chi connectivity index (χ0) is 16.0. The molecule has 0 radical (unpaired) electrons. The fourth-order valence-corrected chi connectivity index (χ4v) is 3.04. The van der Waals surface area contributed by atoms with Crippen molar-refractivity contribution in [2.24, 2.45) is 0 Å². The molecule has 0 saturated heterocycles. The highest BCUT2D eigenvalue weighted by atomic mass is 31.2. The Labute approximate surface area is 136 Å². The summed E-state index contributed by atoms with van der Waals surface area (Å²) in [5.74, 6) is 0.606.